The van der Waals surface area contributed by atoms with Gasteiger partial charge in [-0.3, -0.25) is 0 Å². The van der Waals surface area contributed by atoms with Crippen molar-refractivity contribution in [3.63, 3.8) is 0 Å². The van der Waals surface area contributed by atoms with E-state index in [9.17, 15) is 4.79 Å². The molecule has 4 nitrogen and oxygen atoms in total. The number of fused-ring (bicyclic) bond motifs is 1. The van der Waals surface area contributed by atoms with E-state index in [0.717, 1.165) is 21.5 Å². The van der Waals surface area contributed by atoms with Crippen molar-refractivity contribution in [3.8, 4) is 10.4 Å². The molecule has 3 aromatic rings. The predicted octanol–water partition coefficient (Wildman–Crippen LogP) is 2.99. The topological polar surface area (TPSA) is 66.0 Å². The Bertz CT molecular complexity index is 699. The zero-order valence-electron chi connectivity index (χ0n) is 8.68. The number of carboxylic acid groups (broad SMARTS) is 1. The van der Waals surface area contributed by atoms with Gasteiger partial charge in [-0.25, -0.2) is 9.78 Å². The van der Waals surface area contributed by atoms with E-state index < -0.39 is 5.97 Å². The first-order valence-corrected chi connectivity index (χ1v) is 5.83. The lowest BCUT2D eigenvalue weighted by Gasteiger charge is -1.98. The van der Waals surface area contributed by atoms with Gasteiger partial charge in [-0.2, -0.15) is 0 Å². The Morgan fingerprint density at radius 2 is 2.18 bits per heavy atom. The second kappa shape index (κ2) is 3.71. The van der Waals surface area contributed by atoms with Crippen molar-refractivity contribution in [2.24, 2.45) is 0 Å². The molecule has 3 rings (SSSR count). The van der Waals surface area contributed by atoms with Crippen LogP contribution in [0.1, 0.15) is 9.67 Å². The molecule has 0 aliphatic rings. The lowest BCUT2D eigenvalue weighted by Crippen LogP contribution is -1.89. The SMILES string of the molecule is O=C(O)c1ccc(-c2ccnc3[nH]ccc23)s1. The lowest BCUT2D eigenvalue weighted by atomic mass is 10.1. The maximum atomic E-state index is 10.9. The van der Waals surface area contributed by atoms with Crippen molar-refractivity contribution in [2.75, 3.05) is 0 Å². The molecule has 0 fully saturated rings. The van der Waals surface area contributed by atoms with Gasteiger partial charge in [0, 0.05) is 28.2 Å². The average Bonchev–Trinajstić information content (AvgIpc) is 2.97. The molecule has 84 valence electrons. The van der Waals surface area contributed by atoms with Crippen LogP contribution in [0.25, 0.3) is 21.5 Å². The van der Waals surface area contributed by atoms with E-state index in [4.69, 9.17) is 5.11 Å². The number of hydrogen-bond acceptors (Lipinski definition) is 3. The highest BCUT2D eigenvalue weighted by Gasteiger charge is 2.11. The second-order valence-electron chi connectivity index (χ2n) is 3.57. The number of rotatable bonds is 2. The predicted molar refractivity (Wildman–Crippen MR) is 66.4 cm³/mol. The number of nitrogens with one attached hydrogen (secondary N) is 1. The number of pyridine rings is 1. The van der Waals surface area contributed by atoms with E-state index in [0.29, 0.717) is 4.88 Å². The highest BCUT2D eigenvalue weighted by molar-refractivity contribution is 7.17. The quantitative estimate of drug-likeness (QED) is 0.728. The largest absolute Gasteiger partial charge is 0.477 e. The van der Waals surface area contributed by atoms with Crippen LogP contribution in [0.15, 0.2) is 36.7 Å². The summed E-state index contributed by atoms with van der Waals surface area (Å²) in [5.74, 6) is -0.888. The molecule has 0 amide bonds. The molecule has 0 bridgehead atoms. The normalized spacial score (nSPS) is 10.8. The molecule has 3 aromatic heterocycles. The van der Waals surface area contributed by atoms with Crippen molar-refractivity contribution < 1.29 is 9.90 Å². The van der Waals surface area contributed by atoms with E-state index in [1.54, 1.807) is 12.3 Å². The Kier molecular flexibility index (Phi) is 2.19. The number of carbonyl (C=O) groups is 1. The summed E-state index contributed by atoms with van der Waals surface area (Å²) in [6.45, 7) is 0. The van der Waals surface area contributed by atoms with Gasteiger partial charge in [0.05, 0.1) is 0 Å². The van der Waals surface area contributed by atoms with Gasteiger partial charge >= 0.3 is 5.97 Å². The Morgan fingerprint density at radius 1 is 1.29 bits per heavy atom. The zero-order valence-corrected chi connectivity index (χ0v) is 9.49. The van der Waals surface area contributed by atoms with Gasteiger partial charge in [0.15, 0.2) is 0 Å². The van der Waals surface area contributed by atoms with E-state index in [-0.39, 0.29) is 0 Å². The summed E-state index contributed by atoms with van der Waals surface area (Å²) in [5, 5.41) is 9.92. The number of nitrogens with zero attached hydrogens (tertiary/aromatic N) is 1. The molecule has 0 spiro atoms. The van der Waals surface area contributed by atoms with Crippen molar-refractivity contribution in [2.45, 2.75) is 0 Å². The van der Waals surface area contributed by atoms with Gasteiger partial charge in [-0.05, 0) is 24.3 Å². The number of carboxylic acids is 1. The molecule has 0 aliphatic carbocycles. The molecule has 0 saturated heterocycles. The van der Waals surface area contributed by atoms with Crippen LogP contribution in [0.4, 0.5) is 0 Å². The fraction of sp³-hybridized carbons (Fsp3) is 0. The Morgan fingerprint density at radius 3 is 2.94 bits per heavy atom. The molecule has 2 N–H and O–H groups in total. The Hall–Kier alpha value is -2.14. The highest BCUT2D eigenvalue weighted by Crippen LogP contribution is 2.32. The number of aromatic nitrogens is 2. The summed E-state index contributed by atoms with van der Waals surface area (Å²) < 4.78 is 0. The van der Waals surface area contributed by atoms with Crippen molar-refractivity contribution in [3.05, 3.63) is 41.5 Å². The van der Waals surface area contributed by atoms with Gasteiger partial charge in [0.25, 0.3) is 0 Å². The molecular weight excluding hydrogens is 236 g/mol. The van der Waals surface area contributed by atoms with Crippen LogP contribution in [-0.4, -0.2) is 21.0 Å². The number of H-pyrrole nitrogens is 1. The molecule has 5 heteroatoms. The fourth-order valence-corrected chi connectivity index (χ4v) is 2.66. The smallest absolute Gasteiger partial charge is 0.345 e. The number of thiophene rings is 1. The molecule has 0 atom stereocenters. The van der Waals surface area contributed by atoms with E-state index in [1.807, 2.05) is 24.4 Å². The van der Waals surface area contributed by atoms with Crippen molar-refractivity contribution in [1.29, 1.82) is 0 Å². The number of aromatic carboxylic acids is 1. The van der Waals surface area contributed by atoms with Crippen molar-refractivity contribution in [1.82, 2.24) is 9.97 Å². The third kappa shape index (κ3) is 1.60. The molecular formula is C12H8N2O2S. The lowest BCUT2D eigenvalue weighted by molar-refractivity contribution is 0.0702. The molecule has 0 saturated carbocycles. The summed E-state index contributed by atoms with van der Waals surface area (Å²) in [7, 11) is 0. The van der Waals surface area contributed by atoms with Crippen LogP contribution in [0.3, 0.4) is 0 Å². The van der Waals surface area contributed by atoms with Gasteiger partial charge in [-0.1, -0.05) is 0 Å². The van der Waals surface area contributed by atoms with Gasteiger partial charge in [0.2, 0.25) is 0 Å². The zero-order chi connectivity index (χ0) is 11.8. The Labute approximate surface area is 101 Å². The maximum Gasteiger partial charge on any atom is 0.345 e. The van der Waals surface area contributed by atoms with Crippen LogP contribution >= 0.6 is 11.3 Å². The maximum absolute atomic E-state index is 10.9. The summed E-state index contributed by atoms with van der Waals surface area (Å²) in [4.78, 5) is 19.4. The van der Waals surface area contributed by atoms with Crippen molar-refractivity contribution >= 4 is 28.3 Å². The first-order chi connectivity index (χ1) is 8.25. The standard InChI is InChI=1S/C12H8N2O2S/c15-12(16)10-2-1-9(17-10)7-3-5-13-11-8(7)4-6-14-11/h1-6H,(H,13,14)(H,15,16). The van der Waals surface area contributed by atoms with Crippen LogP contribution in [0.2, 0.25) is 0 Å². The number of hydrogen-bond donors (Lipinski definition) is 2. The first-order valence-electron chi connectivity index (χ1n) is 5.01. The van der Waals surface area contributed by atoms with Crippen LogP contribution in [0, 0.1) is 0 Å². The average molecular weight is 244 g/mol. The van der Waals surface area contributed by atoms with Crippen LogP contribution in [-0.2, 0) is 0 Å². The molecule has 0 aromatic carbocycles. The second-order valence-corrected chi connectivity index (χ2v) is 4.65. The van der Waals surface area contributed by atoms with Crippen LogP contribution < -0.4 is 0 Å². The minimum atomic E-state index is -0.888. The number of aromatic amines is 1. The molecule has 0 unspecified atom stereocenters. The Balaban J connectivity index is 2.19. The molecule has 17 heavy (non-hydrogen) atoms. The summed E-state index contributed by atoms with van der Waals surface area (Å²) in [6, 6.07) is 7.29. The summed E-state index contributed by atoms with van der Waals surface area (Å²) >= 11 is 1.27. The molecule has 0 radical (unpaired) electrons. The monoisotopic (exact) mass is 244 g/mol. The van der Waals surface area contributed by atoms with E-state index in [2.05, 4.69) is 9.97 Å². The van der Waals surface area contributed by atoms with E-state index in [1.165, 1.54) is 11.3 Å². The van der Waals surface area contributed by atoms with E-state index >= 15 is 0 Å². The summed E-state index contributed by atoms with van der Waals surface area (Å²) in [5.41, 5.74) is 1.82. The first kappa shape index (κ1) is 10.0. The van der Waals surface area contributed by atoms with Gasteiger partial charge in [0.1, 0.15) is 10.5 Å². The third-order valence-electron chi connectivity index (χ3n) is 2.54. The summed E-state index contributed by atoms with van der Waals surface area (Å²) in [6.07, 6.45) is 3.54. The fourth-order valence-electron chi connectivity index (χ4n) is 1.77. The minimum Gasteiger partial charge on any atom is -0.477 e. The minimum absolute atomic E-state index is 0.348. The van der Waals surface area contributed by atoms with Crippen LogP contribution in [0.5, 0.6) is 0 Å². The highest BCUT2D eigenvalue weighted by atomic mass is 32.1. The van der Waals surface area contributed by atoms with Gasteiger partial charge < -0.3 is 10.1 Å². The molecule has 3 heterocycles. The molecule has 0 aliphatic heterocycles. The van der Waals surface area contributed by atoms with Gasteiger partial charge in [-0.15, -0.1) is 11.3 Å². The third-order valence-corrected chi connectivity index (χ3v) is 3.65.